The highest BCUT2D eigenvalue weighted by Gasteiger charge is 2.19. The van der Waals surface area contributed by atoms with Crippen molar-refractivity contribution in [2.75, 3.05) is 37.3 Å². The molecule has 0 N–H and O–H groups in total. The first-order valence-electron chi connectivity index (χ1n) is 9.68. The van der Waals surface area contributed by atoms with Crippen LogP contribution in [0.15, 0.2) is 46.7 Å². The predicted molar refractivity (Wildman–Crippen MR) is 133 cm³/mol. The normalized spacial score (nSPS) is 11.9. The average Bonchev–Trinajstić information content (AvgIpc) is 3.37. The summed E-state index contributed by atoms with van der Waals surface area (Å²) >= 11 is 2.90. The first-order valence-corrected chi connectivity index (χ1v) is 13.3. The maximum Gasteiger partial charge on any atom is 0.252 e. The number of amides is 1. The van der Waals surface area contributed by atoms with Crippen molar-refractivity contribution in [3.05, 3.63) is 46.7 Å². The Hall–Kier alpha value is -1.78. The van der Waals surface area contributed by atoms with E-state index in [1.54, 1.807) is 40.5 Å². The highest BCUT2D eigenvalue weighted by Crippen LogP contribution is 2.31. The van der Waals surface area contributed by atoms with Crippen LogP contribution in [0.1, 0.15) is 18.7 Å². The number of hydrogen-bond donors (Lipinski definition) is 0. The molecular weight excluding hydrogens is 474 g/mol. The Morgan fingerprint density at radius 1 is 1.16 bits per heavy atom. The van der Waals surface area contributed by atoms with E-state index in [2.05, 4.69) is 23.7 Å². The minimum atomic E-state index is -3.30. The largest absolute Gasteiger partial charge is 0.302 e. The zero-order chi connectivity index (χ0) is 21.7. The highest BCUT2D eigenvalue weighted by atomic mass is 35.5. The van der Waals surface area contributed by atoms with Crippen LogP contribution in [0, 0.1) is 0 Å². The standard InChI is InChI=1S/C21H25N3O3S3.ClH/c1-4-23(5-2)12-13-24(20(25)11-8-16-7-6-14-28-16)21-22-18-10-9-17(30(3,26)27)15-19(18)29-21;/h6-11,14-15H,4-5,12-13H2,1-3H3;1H. The van der Waals surface area contributed by atoms with Gasteiger partial charge in [-0.2, -0.15) is 0 Å². The first-order chi connectivity index (χ1) is 14.3. The van der Waals surface area contributed by atoms with Crippen LogP contribution >= 0.6 is 35.1 Å². The molecule has 0 fully saturated rings. The number of nitrogens with zero attached hydrogens (tertiary/aromatic N) is 3. The Morgan fingerprint density at radius 3 is 2.52 bits per heavy atom. The van der Waals surface area contributed by atoms with Crippen LogP contribution in [-0.2, 0) is 14.6 Å². The number of carbonyl (C=O) groups excluding carboxylic acids is 1. The van der Waals surface area contributed by atoms with E-state index in [1.165, 1.54) is 17.6 Å². The molecule has 6 nitrogen and oxygen atoms in total. The van der Waals surface area contributed by atoms with E-state index in [1.807, 2.05) is 23.6 Å². The van der Waals surface area contributed by atoms with E-state index in [-0.39, 0.29) is 23.2 Å². The van der Waals surface area contributed by atoms with Crippen LogP contribution in [0.3, 0.4) is 0 Å². The second-order valence-corrected chi connectivity index (χ2v) is 10.8. The van der Waals surface area contributed by atoms with Crippen molar-refractivity contribution >= 4 is 72.2 Å². The van der Waals surface area contributed by atoms with E-state index in [9.17, 15) is 13.2 Å². The number of thiazole rings is 1. The van der Waals surface area contributed by atoms with Gasteiger partial charge in [0.25, 0.3) is 5.91 Å². The average molecular weight is 500 g/mol. The summed E-state index contributed by atoms with van der Waals surface area (Å²) in [4.78, 5) is 22.8. The molecule has 1 aromatic carbocycles. The predicted octanol–water partition coefficient (Wildman–Crippen LogP) is 4.57. The fourth-order valence-electron chi connectivity index (χ4n) is 2.95. The fourth-order valence-corrected chi connectivity index (χ4v) is 5.33. The molecule has 0 saturated heterocycles. The smallest absolute Gasteiger partial charge is 0.252 e. The van der Waals surface area contributed by atoms with Gasteiger partial charge in [0.05, 0.1) is 15.1 Å². The van der Waals surface area contributed by atoms with Crippen molar-refractivity contribution in [3.8, 4) is 0 Å². The van der Waals surface area contributed by atoms with E-state index in [0.717, 1.165) is 29.2 Å². The lowest BCUT2D eigenvalue weighted by Crippen LogP contribution is -2.38. The lowest BCUT2D eigenvalue weighted by Gasteiger charge is -2.23. The Morgan fingerprint density at radius 2 is 1.90 bits per heavy atom. The second kappa shape index (κ2) is 11.2. The van der Waals surface area contributed by atoms with Gasteiger partial charge in [0, 0.05) is 30.3 Å². The topological polar surface area (TPSA) is 70.6 Å². The van der Waals surface area contributed by atoms with Gasteiger partial charge in [0.2, 0.25) is 0 Å². The molecule has 3 aromatic rings. The van der Waals surface area contributed by atoms with Gasteiger partial charge < -0.3 is 4.90 Å². The number of sulfone groups is 1. The summed E-state index contributed by atoms with van der Waals surface area (Å²) in [6.45, 7) is 7.24. The molecule has 0 atom stereocenters. The summed E-state index contributed by atoms with van der Waals surface area (Å²) in [6, 6.07) is 8.78. The molecule has 3 rings (SSSR count). The number of benzene rings is 1. The van der Waals surface area contributed by atoms with E-state index in [0.29, 0.717) is 17.2 Å². The molecule has 10 heteroatoms. The van der Waals surface area contributed by atoms with Crippen LogP contribution in [-0.4, -0.2) is 56.6 Å². The first kappa shape index (κ1) is 25.5. The van der Waals surface area contributed by atoms with E-state index in [4.69, 9.17) is 0 Å². The number of halogens is 1. The summed E-state index contributed by atoms with van der Waals surface area (Å²) in [5.74, 6) is -0.141. The van der Waals surface area contributed by atoms with Gasteiger partial charge >= 0.3 is 0 Å². The highest BCUT2D eigenvalue weighted by molar-refractivity contribution is 7.90. The van der Waals surface area contributed by atoms with Crippen molar-refractivity contribution in [2.24, 2.45) is 0 Å². The van der Waals surface area contributed by atoms with Gasteiger partial charge in [-0.1, -0.05) is 31.3 Å². The number of aromatic nitrogens is 1. The number of thiophene rings is 1. The van der Waals surface area contributed by atoms with Gasteiger partial charge in [-0.15, -0.1) is 23.7 Å². The molecule has 0 aliphatic rings. The SMILES string of the molecule is CCN(CC)CCN(C(=O)C=Cc1cccs1)c1nc2ccc(S(C)(=O)=O)cc2s1.Cl. The molecule has 0 unspecified atom stereocenters. The van der Waals surface area contributed by atoms with Crippen molar-refractivity contribution in [1.82, 2.24) is 9.88 Å². The molecule has 0 spiro atoms. The van der Waals surface area contributed by atoms with E-state index >= 15 is 0 Å². The monoisotopic (exact) mass is 499 g/mol. The molecule has 0 saturated carbocycles. The third-order valence-corrected chi connectivity index (χ3v) is 7.73. The minimum absolute atomic E-state index is 0. The van der Waals surface area contributed by atoms with Crippen LogP contribution in [0.2, 0.25) is 0 Å². The number of rotatable bonds is 9. The van der Waals surface area contributed by atoms with Crippen molar-refractivity contribution in [2.45, 2.75) is 18.7 Å². The number of anilines is 1. The number of likely N-dealkylation sites (N-methyl/N-ethyl adjacent to an activating group) is 1. The molecule has 0 aliphatic carbocycles. The lowest BCUT2D eigenvalue weighted by atomic mass is 10.3. The van der Waals surface area contributed by atoms with Crippen LogP contribution in [0.4, 0.5) is 5.13 Å². The van der Waals surface area contributed by atoms with Crippen LogP contribution < -0.4 is 4.90 Å². The van der Waals surface area contributed by atoms with Crippen molar-refractivity contribution in [3.63, 3.8) is 0 Å². The third kappa shape index (κ3) is 6.60. The van der Waals surface area contributed by atoms with Gasteiger partial charge in [0.15, 0.2) is 15.0 Å². The quantitative estimate of drug-likeness (QED) is 0.403. The summed E-state index contributed by atoms with van der Waals surface area (Å²) < 4.78 is 24.5. The molecule has 0 radical (unpaired) electrons. The Labute approximate surface area is 197 Å². The van der Waals surface area contributed by atoms with Gasteiger partial charge in [-0.25, -0.2) is 13.4 Å². The second-order valence-electron chi connectivity index (χ2n) is 6.76. The summed E-state index contributed by atoms with van der Waals surface area (Å²) in [6.07, 6.45) is 4.57. The maximum atomic E-state index is 13.0. The summed E-state index contributed by atoms with van der Waals surface area (Å²) in [5, 5.41) is 2.54. The van der Waals surface area contributed by atoms with Crippen LogP contribution in [0.5, 0.6) is 0 Å². The minimum Gasteiger partial charge on any atom is -0.302 e. The van der Waals surface area contributed by atoms with Gasteiger partial charge in [-0.3, -0.25) is 9.69 Å². The molecule has 31 heavy (non-hydrogen) atoms. The van der Waals surface area contributed by atoms with Crippen molar-refractivity contribution in [1.29, 1.82) is 0 Å². The Kier molecular flexibility index (Phi) is 9.20. The summed E-state index contributed by atoms with van der Waals surface area (Å²) in [7, 11) is -3.30. The van der Waals surface area contributed by atoms with Gasteiger partial charge in [0.1, 0.15) is 0 Å². The fraction of sp³-hybridized carbons (Fsp3) is 0.333. The van der Waals surface area contributed by atoms with Crippen molar-refractivity contribution < 1.29 is 13.2 Å². The lowest BCUT2D eigenvalue weighted by molar-refractivity contribution is -0.114. The van der Waals surface area contributed by atoms with Gasteiger partial charge in [-0.05, 0) is 48.8 Å². The molecule has 0 bridgehead atoms. The molecule has 168 valence electrons. The number of fused-ring (bicyclic) bond motifs is 1. The Balaban J connectivity index is 0.00000341. The zero-order valence-electron chi connectivity index (χ0n) is 17.6. The number of hydrogen-bond acceptors (Lipinski definition) is 7. The maximum absolute atomic E-state index is 13.0. The zero-order valence-corrected chi connectivity index (χ0v) is 20.9. The van der Waals surface area contributed by atoms with Crippen LogP contribution in [0.25, 0.3) is 16.3 Å². The molecule has 1 amide bonds. The third-order valence-electron chi connectivity index (χ3n) is 4.74. The summed E-state index contributed by atoms with van der Waals surface area (Å²) in [5.41, 5.74) is 0.685. The number of carbonyl (C=O) groups is 1. The Bertz CT molecular complexity index is 1140. The molecule has 2 heterocycles. The van der Waals surface area contributed by atoms with E-state index < -0.39 is 9.84 Å². The molecule has 0 aliphatic heterocycles. The molecule has 2 aromatic heterocycles. The molecular formula is C21H26ClN3O3S3.